The van der Waals surface area contributed by atoms with Crippen LogP contribution >= 0.6 is 0 Å². The van der Waals surface area contributed by atoms with Crippen LogP contribution in [0.15, 0.2) is 0 Å². The van der Waals surface area contributed by atoms with Gasteiger partial charge in [0.2, 0.25) is 0 Å². The van der Waals surface area contributed by atoms with Crippen LogP contribution in [0.2, 0.25) is 0 Å². The van der Waals surface area contributed by atoms with E-state index in [0.717, 1.165) is 0 Å². The van der Waals surface area contributed by atoms with Crippen LogP contribution in [0.3, 0.4) is 0 Å². The lowest BCUT2D eigenvalue weighted by atomic mass is 10.2. The van der Waals surface area contributed by atoms with Gasteiger partial charge in [-0.25, -0.2) is 0 Å². The van der Waals surface area contributed by atoms with E-state index in [1.807, 2.05) is 0 Å². The van der Waals surface area contributed by atoms with E-state index in [0.29, 0.717) is 0 Å². The minimum absolute atomic E-state index is 0.290. The Morgan fingerprint density at radius 1 is 0.739 bits per heavy atom. The van der Waals surface area contributed by atoms with Crippen molar-refractivity contribution < 1.29 is 38.1 Å². The lowest BCUT2D eigenvalue weighted by Gasteiger charge is -2.18. The molecule has 0 unspecified atom stereocenters. The average Bonchev–Trinajstić information content (AvgIpc) is 2.37. The summed E-state index contributed by atoms with van der Waals surface area (Å²) in [5.74, 6) is -2.21. The molecule has 23 heavy (non-hydrogen) atoms. The quantitative estimate of drug-likeness (QED) is 0.408. The molecule has 8 nitrogen and oxygen atoms in total. The average molecular weight is 334 g/mol. The van der Waals surface area contributed by atoms with Crippen molar-refractivity contribution in [3.8, 4) is 0 Å². The van der Waals surface area contributed by atoms with Crippen LogP contribution in [0.4, 0.5) is 0 Å². The van der Waals surface area contributed by atoms with Gasteiger partial charge in [-0.1, -0.05) is 0 Å². The van der Waals surface area contributed by atoms with Gasteiger partial charge in [-0.2, -0.15) is 0 Å². The SMILES string of the molecule is CCOC(=O)CC(=O)OCC.COC(=O)CC(=O)OC(C)(C)C. The Morgan fingerprint density at radius 3 is 1.43 bits per heavy atom. The molecule has 0 N–H and O–H groups in total. The van der Waals surface area contributed by atoms with E-state index in [9.17, 15) is 19.2 Å². The Kier molecular flexibility index (Phi) is 12.5. The number of esters is 4. The molecule has 0 aromatic carbocycles. The minimum atomic E-state index is -0.579. The number of hydrogen-bond acceptors (Lipinski definition) is 8. The van der Waals surface area contributed by atoms with Gasteiger partial charge in [0, 0.05) is 0 Å². The highest BCUT2D eigenvalue weighted by Crippen LogP contribution is 2.08. The lowest BCUT2D eigenvalue weighted by molar-refractivity contribution is -0.161. The van der Waals surface area contributed by atoms with Crippen molar-refractivity contribution in [1.29, 1.82) is 0 Å². The summed E-state index contributed by atoms with van der Waals surface area (Å²) < 4.78 is 18.2. The lowest BCUT2D eigenvalue weighted by Crippen LogP contribution is -2.25. The van der Waals surface area contributed by atoms with E-state index < -0.39 is 29.5 Å². The second-order valence-electron chi connectivity index (χ2n) is 5.13. The zero-order valence-corrected chi connectivity index (χ0v) is 14.6. The molecule has 0 bridgehead atoms. The van der Waals surface area contributed by atoms with Crippen molar-refractivity contribution in [3.05, 3.63) is 0 Å². The van der Waals surface area contributed by atoms with Crippen molar-refractivity contribution >= 4 is 23.9 Å². The van der Waals surface area contributed by atoms with Crippen LogP contribution in [0.1, 0.15) is 47.5 Å². The van der Waals surface area contributed by atoms with Gasteiger partial charge in [0.1, 0.15) is 18.4 Å². The summed E-state index contributed by atoms with van der Waals surface area (Å²) in [4.78, 5) is 42.7. The maximum atomic E-state index is 10.9. The smallest absolute Gasteiger partial charge is 0.317 e. The molecular weight excluding hydrogens is 308 g/mol. The van der Waals surface area contributed by atoms with E-state index in [2.05, 4.69) is 14.2 Å². The molecule has 0 fully saturated rings. The zero-order chi connectivity index (χ0) is 18.5. The van der Waals surface area contributed by atoms with E-state index in [-0.39, 0.29) is 26.1 Å². The van der Waals surface area contributed by atoms with Crippen molar-refractivity contribution in [1.82, 2.24) is 0 Å². The second-order valence-corrected chi connectivity index (χ2v) is 5.13. The van der Waals surface area contributed by atoms with Gasteiger partial charge in [0.25, 0.3) is 0 Å². The fourth-order valence-electron chi connectivity index (χ4n) is 1.11. The van der Waals surface area contributed by atoms with Crippen molar-refractivity contribution in [2.45, 2.75) is 53.1 Å². The molecule has 0 aliphatic carbocycles. The Labute approximate surface area is 136 Å². The molecule has 0 saturated heterocycles. The molecule has 8 heteroatoms. The number of methoxy groups -OCH3 is 1. The summed E-state index contributed by atoms with van der Waals surface area (Å²) >= 11 is 0. The Morgan fingerprint density at radius 2 is 1.13 bits per heavy atom. The molecule has 0 atom stereocenters. The predicted octanol–water partition coefficient (Wildman–Crippen LogP) is 1.39. The molecule has 0 aliphatic rings. The van der Waals surface area contributed by atoms with Crippen LogP contribution in [0, 0.1) is 0 Å². The third-order valence-electron chi connectivity index (χ3n) is 1.84. The molecular formula is C15H26O8. The molecule has 0 spiro atoms. The molecule has 0 radical (unpaired) electrons. The summed E-state index contributed by atoms with van der Waals surface area (Å²) in [7, 11) is 1.23. The van der Waals surface area contributed by atoms with Gasteiger partial charge >= 0.3 is 23.9 Å². The minimum Gasteiger partial charge on any atom is -0.469 e. The van der Waals surface area contributed by atoms with Crippen LogP contribution in [0.25, 0.3) is 0 Å². The molecule has 0 rings (SSSR count). The number of carbonyl (C=O) groups is 4. The van der Waals surface area contributed by atoms with E-state index in [1.165, 1.54) is 7.11 Å². The highest BCUT2D eigenvalue weighted by molar-refractivity contribution is 5.91. The summed E-state index contributed by atoms with van der Waals surface area (Å²) in [5.41, 5.74) is -0.550. The molecule has 0 amide bonds. The monoisotopic (exact) mass is 334 g/mol. The van der Waals surface area contributed by atoms with Gasteiger partial charge in [-0.15, -0.1) is 0 Å². The highest BCUT2D eigenvalue weighted by Gasteiger charge is 2.18. The van der Waals surface area contributed by atoms with Crippen molar-refractivity contribution in [2.24, 2.45) is 0 Å². The standard InChI is InChI=1S/C8H14O4.C7H12O4/c1-8(2,3)12-7(10)5-6(9)11-4;1-3-10-6(8)5-7(9)11-4-2/h5H2,1-4H3;3-5H2,1-2H3. The number of rotatable bonds is 6. The number of carbonyl (C=O) groups excluding carboxylic acids is 4. The van der Waals surface area contributed by atoms with Gasteiger partial charge in [-0.05, 0) is 34.6 Å². The largest absolute Gasteiger partial charge is 0.469 e. The van der Waals surface area contributed by atoms with Crippen LogP contribution in [-0.4, -0.2) is 49.8 Å². The summed E-state index contributed by atoms with van der Waals surface area (Å²) in [6, 6.07) is 0. The fourth-order valence-corrected chi connectivity index (χ4v) is 1.11. The first-order chi connectivity index (χ1) is 10.6. The topological polar surface area (TPSA) is 105 Å². The molecule has 0 heterocycles. The van der Waals surface area contributed by atoms with Crippen LogP contribution in [0.5, 0.6) is 0 Å². The normalized spacial score (nSPS) is 9.83. The maximum Gasteiger partial charge on any atom is 0.317 e. The summed E-state index contributed by atoms with van der Waals surface area (Å²) in [5, 5.41) is 0. The van der Waals surface area contributed by atoms with Gasteiger partial charge in [0.05, 0.1) is 20.3 Å². The molecule has 0 saturated carbocycles. The van der Waals surface area contributed by atoms with Gasteiger partial charge < -0.3 is 18.9 Å². The molecule has 134 valence electrons. The fraction of sp³-hybridized carbons (Fsp3) is 0.733. The third kappa shape index (κ3) is 17.8. The third-order valence-corrected chi connectivity index (χ3v) is 1.84. The Hall–Kier alpha value is -2.12. The van der Waals surface area contributed by atoms with Crippen molar-refractivity contribution in [2.75, 3.05) is 20.3 Å². The maximum absolute atomic E-state index is 10.9. The Balaban J connectivity index is 0. The van der Waals surface area contributed by atoms with Gasteiger partial charge in [0.15, 0.2) is 0 Å². The number of ether oxygens (including phenoxy) is 4. The summed E-state index contributed by atoms with van der Waals surface area (Å²) in [6.45, 7) is 9.16. The van der Waals surface area contributed by atoms with Gasteiger partial charge in [-0.3, -0.25) is 19.2 Å². The van der Waals surface area contributed by atoms with Crippen LogP contribution in [-0.2, 0) is 38.1 Å². The zero-order valence-electron chi connectivity index (χ0n) is 14.6. The van der Waals surface area contributed by atoms with Crippen molar-refractivity contribution in [3.63, 3.8) is 0 Å². The van der Waals surface area contributed by atoms with Crippen LogP contribution < -0.4 is 0 Å². The van der Waals surface area contributed by atoms with E-state index >= 15 is 0 Å². The molecule has 0 aliphatic heterocycles. The van der Waals surface area contributed by atoms with E-state index in [4.69, 9.17) is 4.74 Å². The summed E-state index contributed by atoms with van der Waals surface area (Å²) in [6.07, 6.45) is -0.616. The number of hydrogen-bond donors (Lipinski definition) is 0. The highest BCUT2D eigenvalue weighted by atomic mass is 16.6. The Bertz CT molecular complexity index is 379. The first-order valence-corrected chi connectivity index (χ1v) is 7.15. The second kappa shape index (κ2) is 12.4. The molecule has 0 aromatic rings. The predicted molar refractivity (Wildman–Crippen MR) is 80.4 cm³/mol. The molecule has 0 aromatic heterocycles. The first-order valence-electron chi connectivity index (χ1n) is 7.15. The first kappa shape index (κ1) is 23.2. The van der Waals surface area contributed by atoms with E-state index in [1.54, 1.807) is 34.6 Å².